The van der Waals surface area contributed by atoms with Gasteiger partial charge in [0.1, 0.15) is 0 Å². The van der Waals surface area contributed by atoms with Crippen LogP contribution in [-0.4, -0.2) is 47.4 Å². The van der Waals surface area contributed by atoms with Crippen LogP contribution in [-0.2, 0) is 14.3 Å². The van der Waals surface area contributed by atoms with Gasteiger partial charge in [-0.2, -0.15) is 0 Å². The minimum absolute atomic E-state index is 0.0182. The van der Waals surface area contributed by atoms with Crippen LogP contribution in [0.5, 0.6) is 0 Å². The summed E-state index contributed by atoms with van der Waals surface area (Å²) in [7, 11) is 0. The second kappa shape index (κ2) is 68.8. The molecule has 1 amide bonds. The topological polar surface area (TPSA) is 95.9 Å². The van der Waals surface area contributed by atoms with Gasteiger partial charge >= 0.3 is 5.97 Å². The van der Waals surface area contributed by atoms with Crippen molar-refractivity contribution in [3.05, 3.63) is 24.3 Å². The van der Waals surface area contributed by atoms with Crippen molar-refractivity contribution in [2.45, 2.75) is 418 Å². The highest BCUT2D eigenvalue weighted by atomic mass is 16.5. The van der Waals surface area contributed by atoms with E-state index < -0.39 is 12.1 Å². The maximum absolute atomic E-state index is 12.5. The van der Waals surface area contributed by atoms with Crippen molar-refractivity contribution in [3.8, 4) is 0 Å². The van der Waals surface area contributed by atoms with Crippen molar-refractivity contribution >= 4 is 11.9 Å². The third kappa shape index (κ3) is 65.4. The van der Waals surface area contributed by atoms with E-state index in [9.17, 15) is 19.8 Å². The highest BCUT2D eigenvalue weighted by Crippen LogP contribution is 2.19. The van der Waals surface area contributed by atoms with Crippen molar-refractivity contribution in [2.24, 2.45) is 0 Å². The maximum Gasteiger partial charge on any atom is 0.305 e. The molecule has 0 spiro atoms. The molecule has 0 aliphatic carbocycles. The van der Waals surface area contributed by atoms with E-state index in [1.54, 1.807) is 6.08 Å². The summed E-state index contributed by atoms with van der Waals surface area (Å²) >= 11 is 0. The van der Waals surface area contributed by atoms with Crippen LogP contribution >= 0.6 is 0 Å². The molecule has 0 aromatic carbocycles. The van der Waals surface area contributed by atoms with E-state index in [-0.39, 0.29) is 18.5 Å². The van der Waals surface area contributed by atoms with Gasteiger partial charge in [0.25, 0.3) is 0 Å². The summed E-state index contributed by atoms with van der Waals surface area (Å²) < 4.78 is 5.48. The van der Waals surface area contributed by atoms with Crippen molar-refractivity contribution in [1.82, 2.24) is 5.32 Å². The maximum atomic E-state index is 12.5. The SMILES string of the molecule is CCCCCCCCCCCCCCCCCCCC/C=C/C(O)C(CO)NC(=O)CCCCCCCCCCCCCCCC/C=C\CCCCCCCCCCCCCCOC(=O)CCCCCCCCCCCCCC. The van der Waals surface area contributed by atoms with Crippen molar-refractivity contribution in [2.75, 3.05) is 13.2 Å². The monoisotopic (exact) mass is 1110 g/mol. The number of carbonyl (C=O) groups excluding carboxylic acids is 2. The van der Waals surface area contributed by atoms with Crippen LogP contribution in [0.25, 0.3) is 0 Å². The fourth-order valence-electron chi connectivity index (χ4n) is 11.5. The molecular formula is C73H141NO5. The number of allylic oxidation sites excluding steroid dienone is 3. The molecule has 0 radical (unpaired) electrons. The second-order valence-electron chi connectivity index (χ2n) is 24.9. The average molecular weight is 1110 g/mol. The molecule has 468 valence electrons. The van der Waals surface area contributed by atoms with Gasteiger partial charge in [0.2, 0.25) is 5.91 Å². The Morgan fingerprint density at radius 2 is 0.595 bits per heavy atom. The van der Waals surface area contributed by atoms with Crippen LogP contribution in [0.1, 0.15) is 406 Å². The van der Waals surface area contributed by atoms with Crippen LogP contribution < -0.4 is 5.32 Å². The van der Waals surface area contributed by atoms with Crippen LogP contribution in [0.2, 0.25) is 0 Å². The molecule has 0 bridgehead atoms. The normalized spacial score (nSPS) is 12.6. The van der Waals surface area contributed by atoms with Gasteiger partial charge < -0.3 is 20.3 Å². The van der Waals surface area contributed by atoms with Gasteiger partial charge in [0.15, 0.2) is 0 Å². The molecule has 79 heavy (non-hydrogen) atoms. The summed E-state index contributed by atoms with van der Waals surface area (Å²) in [5.74, 6) is -0.0442. The predicted octanol–water partition coefficient (Wildman–Crippen LogP) is 23.3. The van der Waals surface area contributed by atoms with Crippen LogP contribution in [0, 0.1) is 0 Å². The molecule has 0 rings (SSSR count). The number of hydrogen-bond donors (Lipinski definition) is 3. The number of hydrogen-bond acceptors (Lipinski definition) is 5. The summed E-state index contributed by atoms with van der Waals surface area (Å²) in [5.41, 5.74) is 0. The van der Waals surface area contributed by atoms with E-state index in [4.69, 9.17) is 4.74 Å². The number of unbranched alkanes of at least 4 members (excludes halogenated alkanes) is 55. The fraction of sp³-hybridized carbons (Fsp3) is 0.918. The van der Waals surface area contributed by atoms with Crippen LogP contribution in [0.15, 0.2) is 24.3 Å². The first kappa shape index (κ1) is 77.3. The number of nitrogens with one attached hydrogen (secondary N) is 1. The summed E-state index contributed by atoms with van der Waals surface area (Å²) in [6, 6.07) is -0.627. The standard InChI is InChI=1S/C73H141NO5/c1-3-5-7-9-11-13-15-17-18-19-20-33-36-39-42-45-49-53-57-61-65-71(76)70(69-75)74-72(77)66-62-58-54-50-46-43-40-37-34-31-29-27-25-23-21-22-24-26-28-30-32-35-38-41-44-48-52-56-60-64-68-79-73(78)67-63-59-55-51-47-16-14-12-10-8-6-4-2/h22,24,61,65,70-71,75-76H,3-21,23,25-60,62-64,66-69H2,1-2H3,(H,74,77)/b24-22-,65-61+. The summed E-state index contributed by atoms with van der Waals surface area (Å²) in [5, 5.41) is 23.2. The van der Waals surface area contributed by atoms with Crippen LogP contribution in [0.3, 0.4) is 0 Å². The van der Waals surface area contributed by atoms with Gasteiger partial charge in [-0.15, -0.1) is 0 Å². The molecule has 6 heteroatoms. The van der Waals surface area contributed by atoms with Gasteiger partial charge in [0, 0.05) is 12.8 Å². The highest BCUT2D eigenvalue weighted by Gasteiger charge is 2.18. The Balaban J connectivity index is 3.39. The number of rotatable bonds is 68. The zero-order valence-corrected chi connectivity index (χ0v) is 53.6. The van der Waals surface area contributed by atoms with Gasteiger partial charge in [-0.25, -0.2) is 0 Å². The van der Waals surface area contributed by atoms with E-state index in [0.717, 1.165) is 38.5 Å². The molecule has 0 aliphatic rings. The number of esters is 1. The lowest BCUT2D eigenvalue weighted by molar-refractivity contribution is -0.143. The van der Waals surface area contributed by atoms with E-state index >= 15 is 0 Å². The number of amides is 1. The Kier molecular flexibility index (Phi) is 67.4. The molecule has 0 aliphatic heterocycles. The molecule has 0 saturated carbocycles. The second-order valence-corrected chi connectivity index (χ2v) is 24.9. The quantitative estimate of drug-likeness (QED) is 0.0320. The number of aliphatic hydroxyl groups is 2. The zero-order valence-electron chi connectivity index (χ0n) is 53.6. The Morgan fingerprint density at radius 3 is 0.899 bits per heavy atom. The molecule has 0 aromatic heterocycles. The molecule has 0 aromatic rings. The third-order valence-electron chi connectivity index (χ3n) is 17.0. The lowest BCUT2D eigenvalue weighted by Crippen LogP contribution is -2.45. The van der Waals surface area contributed by atoms with Gasteiger partial charge in [-0.1, -0.05) is 359 Å². The van der Waals surface area contributed by atoms with Crippen LogP contribution in [0.4, 0.5) is 0 Å². The summed E-state index contributed by atoms with van der Waals surface area (Å²) in [4.78, 5) is 24.6. The molecule has 6 nitrogen and oxygen atoms in total. The zero-order chi connectivity index (χ0) is 57.1. The largest absolute Gasteiger partial charge is 0.466 e. The van der Waals surface area contributed by atoms with Gasteiger partial charge in [-0.3, -0.25) is 9.59 Å². The molecule has 0 saturated heterocycles. The number of carbonyl (C=O) groups is 2. The Bertz CT molecular complexity index is 1230. The van der Waals surface area contributed by atoms with Gasteiger partial charge in [-0.05, 0) is 57.8 Å². The molecule has 0 heterocycles. The minimum Gasteiger partial charge on any atom is -0.466 e. The van der Waals surface area contributed by atoms with Crippen molar-refractivity contribution in [1.29, 1.82) is 0 Å². The molecular weight excluding hydrogens is 971 g/mol. The number of aliphatic hydroxyl groups excluding tert-OH is 2. The highest BCUT2D eigenvalue weighted by molar-refractivity contribution is 5.76. The predicted molar refractivity (Wildman–Crippen MR) is 347 cm³/mol. The fourth-order valence-corrected chi connectivity index (χ4v) is 11.5. The first-order valence-electron chi connectivity index (χ1n) is 36.1. The molecule has 3 N–H and O–H groups in total. The average Bonchev–Trinajstić information content (AvgIpc) is 3.45. The van der Waals surface area contributed by atoms with Crippen molar-refractivity contribution < 1.29 is 24.5 Å². The Labute approximate surface area is 494 Å². The first-order chi connectivity index (χ1) is 39.0. The van der Waals surface area contributed by atoms with E-state index in [1.807, 2.05) is 6.08 Å². The first-order valence-corrected chi connectivity index (χ1v) is 36.1. The smallest absolute Gasteiger partial charge is 0.305 e. The van der Waals surface area contributed by atoms with Gasteiger partial charge in [0.05, 0.1) is 25.4 Å². The minimum atomic E-state index is -0.844. The summed E-state index contributed by atoms with van der Waals surface area (Å²) in [6.07, 6.45) is 86.9. The van der Waals surface area contributed by atoms with E-state index in [0.29, 0.717) is 19.4 Å². The van der Waals surface area contributed by atoms with Crippen molar-refractivity contribution in [3.63, 3.8) is 0 Å². The molecule has 2 atom stereocenters. The van der Waals surface area contributed by atoms with E-state index in [2.05, 4.69) is 31.3 Å². The Hall–Kier alpha value is -1.66. The third-order valence-corrected chi connectivity index (χ3v) is 17.0. The molecule has 2 unspecified atom stereocenters. The Morgan fingerprint density at radius 1 is 0.342 bits per heavy atom. The lowest BCUT2D eigenvalue weighted by Gasteiger charge is -2.20. The molecule has 0 fully saturated rings. The number of ether oxygens (including phenoxy) is 1. The van der Waals surface area contributed by atoms with E-state index in [1.165, 1.54) is 340 Å². The lowest BCUT2D eigenvalue weighted by atomic mass is 10.0. The summed E-state index contributed by atoms with van der Waals surface area (Å²) in [6.45, 7) is 4.94.